The minimum atomic E-state index is -0.492. The zero-order valence-corrected chi connectivity index (χ0v) is 24.0. The summed E-state index contributed by atoms with van der Waals surface area (Å²) in [6.07, 6.45) is 4.60. The average Bonchev–Trinajstić information content (AvgIpc) is 2.62. The Kier molecular flexibility index (Phi) is 25.0. The summed E-state index contributed by atoms with van der Waals surface area (Å²) in [7, 11) is 0. The molecular weight excluding hydrogens is 440 g/mol. The molecule has 0 aromatic rings. The number of rotatable bonds is 12. The van der Waals surface area contributed by atoms with Crippen molar-refractivity contribution in [3.63, 3.8) is 0 Å². The molecule has 0 aromatic carbocycles. The SMILES string of the molecule is CCC(C)(C)[N]=[Mo+2]=[N]C(C)(C)CC.CCC[N-]CC(C)C.CCC[N-]CC(C)C. The second kappa shape index (κ2) is 21.4. The Bertz CT molecular complexity index is 364. The first-order chi connectivity index (χ1) is 13.4. The van der Waals surface area contributed by atoms with E-state index in [4.69, 9.17) is 0 Å². The maximum atomic E-state index is 4.67. The van der Waals surface area contributed by atoms with Crippen molar-refractivity contribution in [1.82, 2.24) is 0 Å². The standard InChI is InChI=1S/2C7H16N.2C5H11N.Mo/c2*1-4-5-8-6-7(2)3;2*1-4-5(2,3)6;/h2*7H,4-6H2,1-3H3;2*4H2,1-3H3;/q2*-1;;;+2. The van der Waals surface area contributed by atoms with Crippen LogP contribution in [-0.4, -0.2) is 37.3 Å². The van der Waals surface area contributed by atoms with Crippen molar-refractivity contribution >= 4 is 0 Å². The molecule has 0 amide bonds. The van der Waals surface area contributed by atoms with E-state index in [0.29, 0.717) is 0 Å². The third-order valence-corrected chi connectivity index (χ3v) is 6.89. The molecular formula is C24H54MoN4. The minimum absolute atomic E-state index is 0.148. The molecule has 0 fully saturated rings. The number of hydrogen-bond donors (Lipinski definition) is 0. The molecule has 5 heteroatoms. The van der Waals surface area contributed by atoms with Crippen LogP contribution in [0.5, 0.6) is 0 Å². The van der Waals surface area contributed by atoms with Gasteiger partial charge in [-0.05, 0) is 0 Å². The first-order valence-corrected chi connectivity index (χ1v) is 13.5. The molecule has 0 spiro atoms. The molecule has 0 aromatic heterocycles. The molecule has 0 aliphatic rings. The first kappa shape index (κ1) is 33.8. The fourth-order valence-corrected chi connectivity index (χ4v) is 3.21. The largest absolute Gasteiger partial charge is 0.662 e. The summed E-state index contributed by atoms with van der Waals surface area (Å²) in [6, 6.07) is 0. The Labute approximate surface area is 193 Å². The van der Waals surface area contributed by atoms with E-state index in [1.54, 1.807) is 0 Å². The Hall–Kier alpha value is 0.208. The van der Waals surface area contributed by atoms with Crippen LogP contribution < -0.4 is 0 Å². The number of nitrogens with zero attached hydrogens (tertiary/aromatic N) is 4. The van der Waals surface area contributed by atoms with Crippen molar-refractivity contribution in [1.29, 1.82) is 0 Å². The minimum Gasteiger partial charge on any atom is -0.662 e. The maximum absolute atomic E-state index is 4.67. The van der Waals surface area contributed by atoms with Gasteiger partial charge in [-0.1, -0.05) is 66.2 Å². The summed E-state index contributed by atoms with van der Waals surface area (Å²) in [5, 5.41) is 8.58. The first-order valence-electron chi connectivity index (χ1n) is 11.7. The van der Waals surface area contributed by atoms with E-state index in [1.807, 2.05) is 0 Å². The summed E-state index contributed by atoms with van der Waals surface area (Å²) in [5.74, 6) is 1.48. The molecule has 0 atom stereocenters. The van der Waals surface area contributed by atoms with Gasteiger partial charge in [0, 0.05) is 0 Å². The van der Waals surface area contributed by atoms with E-state index in [-0.39, 0.29) is 11.1 Å². The van der Waals surface area contributed by atoms with E-state index in [1.165, 1.54) is 12.8 Å². The molecule has 0 unspecified atom stereocenters. The van der Waals surface area contributed by atoms with Crippen molar-refractivity contribution in [3.05, 3.63) is 10.6 Å². The van der Waals surface area contributed by atoms with Crippen LogP contribution in [0.15, 0.2) is 6.99 Å². The molecule has 0 rings (SSSR count). The summed E-state index contributed by atoms with van der Waals surface area (Å²) in [5.41, 5.74) is 0.297. The smallest absolute Gasteiger partial charge is 0.0644 e. The summed E-state index contributed by atoms with van der Waals surface area (Å²) in [4.78, 5) is 0. The van der Waals surface area contributed by atoms with Gasteiger partial charge in [0.1, 0.15) is 0 Å². The van der Waals surface area contributed by atoms with Gasteiger partial charge < -0.3 is 10.6 Å². The van der Waals surface area contributed by atoms with Crippen LogP contribution in [0.3, 0.4) is 0 Å². The Morgan fingerprint density at radius 3 is 1.17 bits per heavy atom. The van der Waals surface area contributed by atoms with Crippen molar-refractivity contribution in [2.24, 2.45) is 18.8 Å². The van der Waals surface area contributed by atoms with Gasteiger partial charge in [0.25, 0.3) is 0 Å². The van der Waals surface area contributed by atoms with Gasteiger partial charge in [-0.25, -0.2) is 0 Å². The third kappa shape index (κ3) is 33.1. The van der Waals surface area contributed by atoms with Crippen LogP contribution in [0.1, 0.15) is 109 Å². The fraction of sp³-hybridized carbons (Fsp3) is 1.00. The van der Waals surface area contributed by atoms with Crippen molar-refractivity contribution < 1.29 is 18.2 Å². The van der Waals surface area contributed by atoms with Crippen molar-refractivity contribution in [2.75, 3.05) is 26.2 Å². The van der Waals surface area contributed by atoms with Gasteiger partial charge in [0.2, 0.25) is 0 Å². The van der Waals surface area contributed by atoms with Crippen LogP contribution in [0.25, 0.3) is 10.6 Å². The normalized spacial score (nSPS) is 11.2. The average molecular weight is 495 g/mol. The van der Waals surface area contributed by atoms with Crippen LogP contribution >= 0.6 is 0 Å². The fourth-order valence-electron chi connectivity index (χ4n) is 1.39. The van der Waals surface area contributed by atoms with E-state index in [0.717, 1.165) is 50.9 Å². The summed E-state index contributed by atoms with van der Waals surface area (Å²) in [6.45, 7) is 30.3. The van der Waals surface area contributed by atoms with Crippen LogP contribution in [0.4, 0.5) is 0 Å². The van der Waals surface area contributed by atoms with Crippen molar-refractivity contribution in [3.8, 4) is 0 Å². The second-order valence-corrected chi connectivity index (χ2v) is 10.9. The predicted molar refractivity (Wildman–Crippen MR) is 130 cm³/mol. The Morgan fingerprint density at radius 1 is 0.655 bits per heavy atom. The van der Waals surface area contributed by atoms with Gasteiger partial charge >= 0.3 is 90.7 Å². The monoisotopic (exact) mass is 496 g/mol. The summed E-state index contributed by atoms with van der Waals surface area (Å²) >= 11 is -0.492. The molecule has 0 saturated heterocycles. The van der Waals surface area contributed by atoms with E-state index >= 15 is 0 Å². The van der Waals surface area contributed by atoms with E-state index in [9.17, 15) is 0 Å². The van der Waals surface area contributed by atoms with Crippen LogP contribution in [0, 0.1) is 11.8 Å². The van der Waals surface area contributed by atoms with Gasteiger partial charge in [0.05, 0.1) is 0 Å². The van der Waals surface area contributed by atoms with Crippen molar-refractivity contribution in [2.45, 2.75) is 120 Å². The molecule has 4 nitrogen and oxygen atoms in total. The van der Waals surface area contributed by atoms with Crippen LogP contribution in [0.2, 0.25) is 0 Å². The number of hydrogen-bond acceptors (Lipinski definition) is 2. The van der Waals surface area contributed by atoms with E-state index < -0.39 is 18.2 Å². The molecule has 0 saturated carbocycles. The zero-order valence-electron chi connectivity index (χ0n) is 22.0. The van der Waals surface area contributed by atoms with Gasteiger partial charge in [-0.3, -0.25) is 0 Å². The summed E-state index contributed by atoms with van der Waals surface area (Å²) < 4.78 is 9.34. The molecule has 0 radical (unpaired) electrons. The molecule has 0 aliphatic carbocycles. The maximum Gasteiger partial charge on any atom is -0.0644 e. The third-order valence-electron chi connectivity index (χ3n) is 4.06. The molecule has 0 aliphatic heterocycles. The van der Waals surface area contributed by atoms with Gasteiger partial charge in [0.15, 0.2) is 0 Å². The predicted octanol–water partition coefficient (Wildman–Crippen LogP) is 8.67. The molecule has 0 N–H and O–H groups in total. The Morgan fingerprint density at radius 2 is 0.966 bits per heavy atom. The second-order valence-electron chi connectivity index (χ2n) is 9.64. The molecule has 0 bridgehead atoms. The van der Waals surface area contributed by atoms with Crippen LogP contribution in [-0.2, 0) is 18.2 Å². The quantitative estimate of drug-likeness (QED) is 0.192. The topological polar surface area (TPSA) is 52.9 Å². The van der Waals surface area contributed by atoms with Gasteiger partial charge in [-0.2, -0.15) is 0 Å². The molecule has 176 valence electrons. The Balaban J connectivity index is -0.000000368. The molecule has 0 heterocycles. The van der Waals surface area contributed by atoms with Gasteiger partial charge in [-0.15, -0.1) is 26.2 Å². The van der Waals surface area contributed by atoms with E-state index in [2.05, 4.69) is 101 Å². The molecule has 29 heavy (non-hydrogen) atoms. The zero-order chi connectivity index (χ0) is 23.3.